The zero-order valence-electron chi connectivity index (χ0n) is 19.2. The van der Waals surface area contributed by atoms with Crippen LogP contribution in [0.15, 0.2) is 12.1 Å². The van der Waals surface area contributed by atoms with Crippen LogP contribution in [0.4, 0.5) is 0 Å². The van der Waals surface area contributed by atoms with Crippen LogP contribution >= 0.6 is 11.3 Å². The Balaban J connectivity index is 1.67. The van der Waals surface area contributed by atoms with Crippen LogP contribution < -0.4 is 5.48 Å². The van der Waals surface area contributed by atoms with Crippen molar-refractivity contribution in [1.29, 1.82) is 0 Å². The summed E-state index contributed by atoms with van der Waals surface area (Å²) in [4.78, 5) is 17.5. The van der Waals surface area contributed by atoms with Gasteiger partial charge in [0.25, 0.3) is 5.91 Å². The van der Waals surface area contributed by atoms with E-state index < -0.39 is 20.7 Å². The lowest BCUT2D eigenvalue weighted by molar-refractivity contribution is -0.133. The maximum absolute atomic E-state index is 13.7. The quantitative estimate of drug-likeness (QED) is 0.389. The Hall–Kier alpha value is -1.04. The number of hydroxylamine groups is 1. The molecule has 32 heavy (non-hydrogen) atoms. The van der Waals surface area contributed by atoms with E-state index in [1.165, 1.54) is 26.9 Å². The first kappa shape index (κ1) is 25.6. The van der Waals surface area contributed by atoms with Crippen LogP contribution in [-0.2, 0) is 26.0 Å². The summed E-state index contributed by atoms with van der Waals surface area (Å²) in [6, 6.07) is 4.40. The number of sulfonamides is 1. The molecular formula is C22H37N3O5S2. The molecule has 2 fully saturated rings. The number of hydrogen-bond acceptors (Lipinski definition) is 7. The summed E-state index contributed by atoms with van der Waals surface area (Å²) in [5, 5.41) is 9.36. The van der Waals surface area contributed by atoms with Crippen molar-refractivity contribution in [3.63, 3.8) is 0 Å². The van der Waals surface area contributed by atoms with Crippen LogP contribution in [-0.4, -0.2) is 79.9 Å². The molecule has 0 unspecified atom stereocenters. The van der Waals surface area contributed by atoms with Crippen molar-refractivity contribution in [2.45, 2.75) is 62.5 Å². The normalized spacial score (nSPS) is 21.0. The Morgan fingerprint density at radius 3 is 2.53 bits per heavy atom. The van der Waals surface area contributed by atoms with E-state index in [0.717, 1.165) is 19.3 Å². The molecule has 2 aliphatic rings. The molecular weight excluding hydrogens is 450 g/mol. The molecule has 0 bridgehead atoms. The number of amides is 1. The fraction of sp³-hybridized carbons (Fsp3) is 0.773. The van der Waals surface area contributed by atoms with E-state index in [1.807, 2.05) is 11.3 Å². The molecule has 3 heterocycles. The standard InChI is InChI=1S/C22H37N3O5S2/c1-3-4-5-19-6-7-20(31-19)18-8-12-25(13-9-18)32(28,29)22(21(26)23-27)10-14-24(15-11-22)16-17-30-2/h6-7,18,27H,3-5,8-17H2,1-2H3,(H,23,26). The van der Waals surface area contributed by atoms with E-state index in [-0.39, 0.29) is 12.8 Å². The highest BCUT2D eigenvalue weighted by Crippen LogP contribution is 2.38. The molecule has 1 amide bonds. The molecule has 0 aromatic carbocycles. The highest BCUT2D eigenvalue weighted by molar-refractivity contribution is 7.91. The average Bonchev–Trinajstić information content (AvgIpc) is 3.30. The Morgan fingerprint density at radius 1 is 1.25 bits per heavy atom. The molecule has 2 N–H and O–H groups in total. The molecule has 0 atom stereocenters. The van der Waals surface area contributed by atoms with Crippen molar-refractivity contribution in [3.05, 3.63) is 21.9 Å². The van der Waals surface area contributed by atoms with E-state index >= 15 is 0 Å². The molecule has 10 heteroatoms. The lowest BCUT2D eigenvalue weighted by Gasteiger charge is -2.43. The molecule has 1 aromatic heterocycles. The van der Waals surface area contributed by atoms with Gasteiger partial charge in [0, 0.05) is 49.6 Å². The van der Waals surface area contributed by atoms with Crippen LogP contribution in [0.3, 0.4) is 0 Å². The maximum atomic E-state index is 13.7. The number of likely N-dealkylation sites (tertiary alicyclic amines) is 1. The second-order valence-electron chi connectivity index (χ2n) is 8.86. The summed E-state index contributed by atoms with van der Waals surface area (Å²) in [6.07, 6.45) is 5.31. The summed E-state index contributed by atoms with van der Waals surface area (Å²) in [6.45, 7) is 5.20. The van der Waals surface area contributed by atoms with E-state index in [1.54, 1.807) is 12.6 Å². The van der Waals surface area contributed by atoms with Gasteiger partial charge in [0.2, 0.25) is 10.0 Å². The Morgan fingerprint density at radius 2 is 1.94 bits per heavy atom. The van der Waals surface area contributed by atoms with Gasteiger partial charge in [0.05, 0.1) is 6.61 Å². The Bertz CT molecular complexity index is 842. The molecule has 1 aromatic rings. The van der Waals surface area contributed by atoms with Crippen molar-refractivity contribution in [3.8, 4) is 0 Å². The molecule has 0 radical (unpaired) electrons. The molecule has 0 saturated carbocycles. The van der Waals surface area contributed by atoms with Gasteiger partial charge in [-0.3, -0.25) is 10.0 Å². The number of hydrogen-bond donors (Lipinski definition) is 2. The highest BCUT2D eigenvalue weighted by Gasteiger charge is 2.55. The van der Waals surface area contributed by atoms with Gasteiger partial charge in [-0.05, 0) is 56.6 Å². The van der Waals surface area contributed by atoms with Crippen LogP contribution in [0.5, 0.6) is 0 Å². The van der Waals surface area contributed by atoms with Gasteiger partial charge in [-0.2, -0.15) is 0 Å². The highest BCUT2D eigenvalue weighted by atomic mass is 32.2. The van der Waals surface area contributed by atoms with Gasteiger partial charge in [-0.25, -0.2) is 18.2 Å². The number of carbonyl (C=O) groups excluding carboxylic acids is 1. The number of nitrogens with one attached hydrogen (secondary N) is 1. The number of carbonyl (C=O) groups is 1. The summed E-state index contributed by atoms with van der Waals surface area (Å²) in [5.41, 5.74) is 1.65. The third-order valence-corrected chi connectivity index (χ3v) is 10.9. The number of thiophene rings is 1. The average molecular weight is 488 g/mol. The lowest BCUT2D eigenvalue weighted by Crippen LogP contribution is -2.62. The molecule has 2 aliphatic heterocycles. The van der Waals surface area contributed by atoms with Gasteiger partial charge < -0.3 is 9.64 Å². The molecule has 2 saturated heterocycles. The first-order valence-corrected chi connectivity index (χ1v) is 13.9. The van der Waals surface area contributed by atoms with Crippen LogP contribution in [0.25, 0.3) is 0 Å². The number of nitrogens with zero attached hydrogens (tertiary/aromatic N) is 2. The molecule has 0 spiro atoms. The van der Waals surface area contributed by atoms with Crippen LogP contribution in [0.2, 0.25) is 0 Å². The topological polar surface area (TPSA) is 99.2 Å². The van der Waals surface area contributed by atoms with Crippen molar-refractivity contribution in [2.75, 3.05) is 46.4 Å². The van der Waals surface area contributed by atoms with Crippen molar-refractivity contribution >= 4 is 27.3 Å². The van der Waals surface area contributed by atoms with Crippen molar-refractivity contribution in [1.82, 2.24) is 14.7 Å². The van der Waals surface area contributed by atoms with Gasteiger partial charge in [-0.15, -0.1) is 11.3 Å². The zero-order valence-corrected chi connectivity index (χ0v) is 20.8. The van der Waals surface area contributed by atoms with Crippen molar-refractivity contribution < 1.29 is 23.2 Å². The number of rotatable bonds is 10. The number of ether oxygens (including phenoxy) is 1. The SMILES string of the molecule is CCCCc1ccc(C2CCN(S(=O)(=O)C3(C(=O)NO)CCN(CCOC)CC3)CC2)s1. The number of unbranched alkanes of at least 4 members (excludes halogenated alkanes) is 1. The third-order valence-electron chi connectivity index (χ3n) is 6.94. The largest absolute Gasteiger partial charge is 0.383 e. The van der Waals surface area contributed by atoms with Crippen molar-refractivity contribution in [2.24, 2.45) is 0 Å². The summed E-state index contributed by atoms with van der Waals surface area (Å²) < 4.78 is 32.3. The second-order valence-corrected chi connectivity index (χ2v) is 12.3. The first-order chi connectivity index (χ1) is 15.4. The third kappa shape index (κ3) is 5.37. The minimum atomic E-state index is -3.91. The van der Waals surface area contributed by atoms with Gasteiger partial charge in [-0.1, -0.05) is 13.3 Å². The second kappa shape index (κ2) is 11.4. The summed E-state index contributed by atoms with van der Waals surface area (Å²) in [5.74, 6) is -0.454. The van der Waals surface area contributed by atoms with E-state index in [4.69, 9.17) is 4.74 Å². The van der Waals surface area contributed by atoms with Crippen LogP contribution in [0, 0.1) is 0 Å². The fourth-order valence-corrected chi connectivity index (χ4v) is 8.18. The number of piperidine rings is 2. The monoisotopic (exact) mass is 487 g/mol. The predicted octanol–water partition coefficient (Wildman–Crippen LogP) is 2.59. The number of methoxy groups -OCH3 is 1. The summed E-state index contributed by atoms with van der Waals surface area (Å²) >= 11 is 1.85. The molecule has 8 nitrogen and oxygen atoms in total. The Kier molecular flexibility index (Phi) is 9.11. The molecule has 3 rings (SSSR count). The predicted molar refractivity (Wildman–Crippen MR) is 126 cm³/mol. The molecule has 0 aliphatic carbocycles. The summed E-state index contributed by atoms with van der Waals surface area (Å²) in [7, 11) is -2.28. The first-order valence-electron chi connectivity index (χ1n) is 11.6. The van der Waals surface area contributed by atoms with Crippen LogP contribution in [0.1, 0.15) is 61.1 Å². The lowest BCUT2D eigenvalue weighted by atomic mass is 9.95. The molecule has 182 valence electrons. The van der Waals surface area contributed by atoms with E-state index in [9.17, 15) is 18.4 Å². The van der Waals surface area contributed by atoms with E-state index in [2.05, 4.69) is 24.0 Å². The van der Waals surface area contributed by atoms with Gasteiger partial charge >= 0.3 is 0 Å². The minimum absolute atomic E-state index is 0.164. The fourth-order valence-electron chi connectivity index (χ4n) is 4.79. The van der Waals surface area contributed by atoms with Gasteiger partial charge in [0.15, 0.2) is 4.75 Å². The smallest absolute Gasteiger partial charge is 0.266 e. The van der Waals surface area contributed by atoms with Gasteiger partial charge in [0.1, 0.15) is 0 Å². The van der Waals surface area contributed by atoms with E-state index in [0.29, 0.717) is 45.2 Å². The Labute approximate surface area is 195 Å². The number of aryl methyl sites for hydroxylation is 1. The zero-order chi connectivity index (χ0) is 23.2. The minimum Gasteiger partial charge on any atom is -0.383 e. The maximum Gasteiger partial charge on any atom is 0.266 e.